The van der Waals surface area contributed by atoms with Crippen LogP contribution in [0.25, 0.3) is 0 Å². The molecule has 1 atom stereocenters. The number of hydrogen-bond donors (Lipinski definition) is 1. The van der Waals surface area contributed by atoms with E-state index in [0.717, 1.165) is 17.1 Å². The molecule has 0 spiro atoms. The van der Waals surface area contributed by atoms with Crippen molar-refractivity contribution in [3.05, 3.63) is 89.6 Å². The molecule has 0 aliphatic rings. The maximum Gasteiger partial charge on any atom is 0.123 e. The van der Waals surface area contributed by atoms with Gasteiger partial charge in [-0.2, -0.15) is 0 Å². The van der Waals surface area contributed by atoms with E-state index in [1.807, 2.05) is 36.4 Å². The van der Waals surface area contributed by atoms with Crippen molar-refractivity contribution in [1.82, 2.24) is 4.90 Å². The number of hydrogen-bond acceptors (Lipinski definition) is 4. The fraction of sp³-hybridized carbons (Fsp3) is 0.333. The molecule has 1 unspecified atom stereocenters. The summed E-state index contributed by atoms with van der Waals surface area (Å²) < 4.78 is 24.4. The molecule has 5 heteroatoms. The van der Waals surface area contributed by atoms with Crippen LogP contribution in [0.5, 0.6) is 5.75 Å². The van der Waals surface area contributed by atoms with Gasteiger partial charge in [-0.1, -0.05) is 38.1 Å². The number of aliphatic hydroxyl groups excluding tert-OH is 1. The number of halogens is 1. The summed E-state index contributed by atoms with van der Waals surface area (Å²) in [5, 5.41) is 10.5. The Labute approximate surface area is 171 Å². The van der Waals surface area contributed by atoms with Crippen molar-refractivity contribution in [2.24, 2.45) is 0 Å². The van der Waals surface area contributed by atoms with Gasteiger partial charge in [-0.25, -0.2) is 4.39 Å². The van der Waals surface area contributed by atoms with Crippen molar-refractivity contribution in [2.45, 2.75) is 39.0 Å². The molecule has 29 heavy (non-hydrogen) atoms. The number of nitrogens with zero attached hydrogens (tertiary/aromatic N) is 1. The van der Waals surface area contributed by atoms with Crippen LogP contribution < -0.4 is 4.74 Å². The van der Waals surface area contributed by atoms with Crippen LogP contribution in [0.1, 0.15) is 36.7 Å². The maximum atomic E-state index is 13.2. The van der Waals surface area contributed by atoms with Crippen LogP contribution in [0.2, 0.25) is 0 Å². The molecule has 1 aromatic heterocycles. The van der Waals surface area contributed by atoms with Crippen LogP contribution in [0.3, 0.4) is 0 Å². The molecule has 0 saturated heterocycles. The average Bonchev–Trinajstić information content (AvgIpc) is 3.21. The quantitative estimate of drug-likeness (QED) is 0.524. The van der Waals surface area contributed by atoms with E-state index in [9.17, 15) is 9.50 Å². The van der Waals surface area contributed by atoms with Gasteiger partial charge < -0.3 is 14.3 Å². The number of furan rings is 1. The highest BCUT2D eigenvalue weighted by atomic mass is 19.1. The third-order valence-electron chi connectivity index (χ3n) is 4.74. The molecule has 1 N–H and O–H groups in total. The van der Waals surface area contributed by atoms with E-state index in [4.69, 9.17) is 9.15 Å². The van der Waals surface area contributed by atoms with Gasteiger partial charge in [0.1, 0.15) is 30.0 Å². The minimum Gasteiger partial charge on any atom is -0.491 e. The van der Waals surface area contributed by atoms with Crippen LogP contribution in [0, 0.1) is 5.82 Å². The molecule has 4 nitrogen and oxygen atoms in total. The van der Waals surface area contributed by atoms with Gasteiger partial charge in [-0.3, -0.25) is 4.90 Å². The van der Waals surface area contributed by atoms with Crippen LogP contribution in [-0.4, -0.2) is 29.3 Å². The summed E-state index contributed by atoms with van der Waals surface area (Å²) >= 11 is 0. The molecule has 0 amide bonds. The molecule has 154 valence electrons. The number of ether oxygens (including phenoxy) is 1. The molecule has 0 saturated carbocycles. The molecular formula is C24H28FNO3. The first-order valence-corrected chi connectivity index (χ1v) is 9.89. The zero-order chi connectivity index (χ0) is 20.6. The normalized spacial score (nSPS) is 12.5. The number of benzene rings is 2. The summed E-state index contributed by atoms with van der Waals surface area (Å²) in [7, 11) is 0. The van der Waals surface area contributed by atoms with Crippen molar-refractivity contribution in [3.8, 4) is 5.75 Å². The Morgan fingerprint density at radius 1 is 1.00 bits per heavy atom. The number of aliphatic hydroxyl groups is 1. The van der Waals surface area contributed by atoms with E-state index in [-0.39, 0.29) is 12.4 Å². The van der Waals surface area contributed by atoms with Gasteiger partial charge in [0.15, 0.2) is 0 Å². The third kappa shape index (κ3) is 6.73. The highest BCUT2D eigenvalue weighted by molar-refractivity contribution is 5.28. The van der Waals surface area contributed by atoms with Crippen molar-refractivity contribution in [3.63, 3.8) is 0 Å². The second-order valence-corrected chi connectivity index (χ2v) is 7.56. The highest BCUT2D eigenvalue weighted by Gasteiger charge is 2.15. The summed E-state index contributed by atoms with van der Waals surface area (Å²) in [6.45, 7) is 6.01. The van der Waals surface area contributed by atoms with Crippen molar-refractivity contribution < 1.29 is 18.7 Å². The lowest BCUT2D eigenvalue weighted by Crippen LogP contribution is -2.35. The average molecular weight is 397 g/mol. The molecule has 0 aliphatic heterocycles. The van der Waals surface area contributed by atoms with Crippen LogP contribution in [0.4, 0.5) is 4.39 Å². The lowest BCUT2D eigenvalue weighted by atomic mass is 10.0. The Balaban J connectivity index is 1.57. The summed E-state index contributed by atoms with van der Waals surface area (Å²) in [6, 6.07) is 18.1. The summed E-state index contributed by atoms with van der Waals surface area (Å²) in [6.07, 6.45) is 0.960. The molecular weight excluding hydrogens is 369 g/mol. The molecule has 2 aromatic carbocycles. The molecule has 3 aromatic rings. The zero-order valence-electron chi connectivity index (χ0n) is 16.9. The van der Waals surface area contributed by atoms with Crippen molar-refractivity contribution in [1.29, 1.82) is 0 Å². The Morgan fingerprint density at radius 3 is 2.34 bits per heavy atom. The first kappa shape index (κ1) is 21.1. The van der Waals surface area contributed by atoms with E-state index in [2.05, 4.69) is 18.7 Å². The van der Waals surface area contributed by atoms with Gasteiger partial charge in [-0.05, 0) is 53.4 Å². The molecule has 1 heterocycles. The Kier molecular flexibility index (Phi) is 7.44. The second-order valence-electron chi connectivity index (χ2n) is 7.56. The molecule has 0 fully saturated rings. The van der Waals surface area contributed by atoms with E-state index in [0.29, 0.717) is 25.6 Å². The van der Waals surface area contributed by atoms with E-state index >= 15 is 0 Å². The van der Waals surface area contributed by atoms with E-state index < -0.39 is 6.10 Å². The second kappa shape index (κ2) is 10.2. The minimum atomic E-state index is -0.671. The Bertz CT molecular complexity index is 845. The topological polar surface area (TPSA) is 45.8 Å². The predicted molar refractivity (Wildman–Crippen MR) is 111 cm³/mol. The molecule has 0 radical (unpaired) electrons. The molecule has 0 bridgehead atoms. The lowest BCUT2D eigenvalue weighted by Gasteiger charge is -2.24. The molecule has 0 aliphatic carbocycles. The Morgan fingerprint density at radius 2 is 1.72 bits per heavy atom. The van der Waals surface area contributed by atoms with Crippen LogP contribution >= 0.6 is 0 Å². The van der Waals surface area contributed by atoms with Gasteiger partial charge in [0.25, 0.3) is 0 Å². The van der Waals surface area contributed by atoms with Gasteiger partial charge in [0.2, 0.25) is 0 Å². The van der Waals surface area contributed by atoms with E-state index in [1.165, 1.54) is 17.7 Å². The number of rotatable bonds is 10. The molecule has 3 rings (SSSR count). The van der Waals surface area contributed by atoms with E-state index in [1.54, 1.807) is 18.4 Å². The van der Waals surface area contributed by atoms with Crippen LogP contribution in [0.15, 0.2) is 71.3 Å². The monoisotopic (exact) mass is 397 g/mol. The summed E-state index contributed by atoms with van der Waals surface area (Å²) in [5.41, 5.74) is 2.22. The lowest BCUT2D eigenvalue weighted by molar-refractivity contribution is 0.0604. The smallest absolute Gasteiger partial charge is 0.123 e. The van der Waals surface area contributed by atoms with Gasteiger partial charge in [0.05, 0.1) is 12.8 Å². The standard InChI is InChI=1S/C24H28FNO3/c1-18(2)20-7-11-23(12-8-20)29-17-22(27)15-26(16-24-4-3-13-28-24)14-19-5-9-21(25)10-6-19/h3-13,18,22,27H,14-17H2,1-2H3. The highest BCUT2D eigenvalue weighted by Crippen LogP contribution is 2.19. The largest absolute Gasteiger partial charge is 0.491 e. The fourth-order valence-electron chi connectivity index (χ4n) is 3.15. The first-order chi connectivity index (χ1) is 14.0. The Hall–Kier alpha value is -2.63. The maximum absolute atomic E-state index is 13.2. The van der Waals surface area contributed by atoms with Crippen LogP contribution in [-0.2, 0) is 13.1 Å². The van der Waals surface area contributed by atoms with Gasteiger partial charge >= 0.3 is 0 Å². The van der Waals surface area contributed by atoms with Gasteiger partial charge in [0, 0.05) is 13.1 Å². The zero-order valence-corrected chi connectivity index (χ0v) is 16.9. The minimum absolute atomic E-state index is 0.194. The van der Waals surface area contributed by atoms with Crippen molar-refractivity contribution >= 4 is 0 Å². The first-order valence-electron chi connectivity index (χ1n) is 9.89. The predicted octanol–water partition coefficient (Wildman–Crippen LogP) is 4.98. The summed E-state index contributed by atoms with van der Waals surface area (Å²) in [4.78, 5) is 2.06. The summed E-state index contributed by atoms with van der Waals surface area (Å²) in [5.74, 6) is 1.76. The van der Waals surface area contributed by atoms with Gasteiger partial charge in [-0.15, -0.1) is 0 Å². The van der Waals surface area contributed by atoms with Crippen molar-refractivity contribution in [2.75, 3.05) is 13.2 Å². The SMILES string of the molecule is CC(C)c1ccc(OCC(O)CN(Cc2ccc(F)cc2)Cc2ccco2)cc1. The third-order valence-corrected chi connectivity index (χ3v) is 4.74. The fourth-order valence-corrected chi connectivity index (χ4v) is 3.15.